The van der Waals surface area contributed by atoms with E-state index in [0.29, 0.717) is 6.42 Å². The molecule has 3 rings (SSSR count). The molecule has 0 aromatic heterocycles. The van der Waals surface area contributed by atoms with Crippen LogP contribution in [0, 0.1) is 0 Å². The highest BCUT2D eigenvalue weighted by Crippen LogP contribution is 2.19. The molecule has 1 amide bonds. The van der Waals surface area contributed by atoms with Crippen molar-refractivity contribution in [3.05, 3.63) is 102 Å². The Morgan fingerprint density at radius 1 is 0.786 bits per heavy atom. The molecular formula is C23H23NO3S. The topological polar surface area (TPSA) is 63.2 Å². The Bertz CT molecular complexity index is 988. The summed E-state index contributed by atoms with van der Waals surface area (Å²) in [6.45, 7) is 0. The number of nitrogens with one attached hydrogen (secondary N) is 1. The second kappa shape index (κ2) is 9.33. The van der Waals surface area contributed by atoms with E-state index < -0.39 is 9.84 Å². The van der Waals surface area contributed by atoms with Crippen LogP contribution in [0.2, 0.25) is 0 Å². The number of sulfone groups is 1. The first-order chi connectivity index (χ1) is 13.5. The lowest BCUT2D eigenvalue weighted by atomic mass is 9.99. The van der Waals surface area contributed by atoms with Crippen molar-refractivity contribution in [3.63, 3.8) is 0 Å². The van der Waals surface area contributed by atoms with Gasteiger partial charge in [-0.05, 0) is 29.7 Å². The molecule has 0 saturated heterocycles. The van der Waals surface area contributed by atoms with Crippen LogP contribution in [0.15, 0.2) is 95.9 Å². The summed E-state index contributed by atoms with van der Waals surface area (Å²) in [4.78, 5) is 12.8. The number of rotatable bonds is 8. The molecule has 28 heavy (non-hydrogen) atoms. The zero-order valence-corrected chi connectivity index (χ0v) is 16.3. The van der Waals surface area contributed by atoms with Crippen LogP contribution < -0.4 is 5.32 Å². The predicted octanol–water partition coefficient (Wildman–Crippen LogP) is 3.95. The lowest BCUT2D eigenvalue weighted by Gasteiger charge is -2.19. The van der Waals surface area contributed by atoms with Crippen molar-refractivity contribution < 1.29 is 13.2 Å². The number of carbonyl (C=O) groups excluding carboxylic acids is 1. The molecule has 5 heteroatoms. The van der Waals surface area contributed by atoms with E-state index in [2.05, 4.69) is 5.32 Å². The van der Waals surface area contributed by atoms with Gasteiger partial charge in [0.1, 0.15) is 0 Å². The van der Waals surface area contributed by atoms with Crippen LogP contribution in [-0.2, 0) is 21.1 Å². The molecule has 0 saturated carbocycles. The summed E-state index contributed by atoms with van der Waals surface area (Å²) in [7, 11) is -3.48. The minimum atomic E-state index is -3.48. The van der Waals surface area contributed by atoms with Crippen molar-refractivity contribution in [3.8, 4) is 0 Å². The summed E-state index contributed by atoms with van der Waals surface area (Å²) in [6, 6.07) is 27.6. The number of benzene rings is 3. The van der Waals surface area contributed by atoms with Crippen LogP contribution in [0.25, 0.3) is 0 Å². The van der Waals surface area contributed by atoms with Crippen molar-refractivity contribution in [2.75, 3.05) is 5.75 Å². The molecule has 1 atom stereocenters. The highest BCUT2D eigenvalue weighted by molar-refractivity contribution is 7.91. The Labute approximate surface area is 166 Å². The molecule has 3 aromatic carbocycles. The Morgan fingerprint density at radius 3 is 1.93 bits per heavy atom. The molecule has 1 N–H and O–H groups in total. The molecule has 0 unspecified atom stereocenters. The maximum atomic E-state index is 12.5. The van der Waals surface area contributed by atoms with Crippen LogP contribution in [-0.4, -0.2) is 20.1 Å². The summed E-state index contributed by atoms with van der Waals surface area (Å²) in [6.07, 6.45) is 0.567. The molecule has 0 spiro atoms. The molecule has 0 radical (unpaired) electrons. The van der Waals surface area contributed by atoms with Gasteiger partial charge < -0.3 is 5.32 Å². The third kappa shape index (κ3) is 5.54. The molecule has 4 nitrogen and oxygen atoms in total. The van der Waals surface area contributed by atoms with E-state index in [1.165, 1.54) is 0 Å². The van der Waals surface area contributed by atoms with E-state index in [0.717, 1.165) is 11.1 Å². The maximum Gasteiger partial charge on any atom is 0.221 e. The minimum Gasteiger partial charge on any atom is -0.349 e. The van der Waals surface area contributed by atoms with Crippen molar-refractivity contribution in [2.24, 2.45) is 0 Å². The maximum absolute atomic E-state index is 12.5. The molecule has 0 aliphatic carbocycles. The summed E-state index contributed by atoms with van der Waals surface area (Å²) in [5.41, 5.74) is 2.10. The quantitative estimate of drug-likeness (QED) is 0.630. The van der Waals surface area contributed by atoms with Crippen molar-refractivity contribution in [1.82, 2.24) is 5.32 Å². The largest absolute Gasteiger partial charge is 0.349 e. The average Bonchev–Trinajstić information content (AvgIpc) is 2.74. The standard InChI is InChI=1S/C23H23NO3S/c25-23(16-17-28(26,27)21-14-8-3-9-15-21)24-22(20-12-6-2-7-13-20)18-19-10-4-1-5-11-19/h1-15,22H,16-18H2,(H,24,25)/t22-/m1/s1. The Hall–Kier alpha value is -2.92. The van der Waals surface area contributed by atoms with Gasteiger partial charge in [-0.3, -0.25) is 4.79 Å². The first-order valence-corrected chi connectivity index (χ1v) is 10.9. The van der Waals surface area contributed by atoms with Crippen LogP contribution in [0.5, 0.6) is 0 Å². The van der Waals surface area contributed by atoms with Gasteiger partial charge in [-0.1, -0.05) is 78.9 Å². The minimum absolute atomic E-state index is 0.0741. The Kier molecular flexibility index (Phi) is 6.61. The van der Waals surface area contributed by atoms with E-state index in [1.807, 2.05) is 60.7 Å². The monoisotopic (exact) mass is 393 g/mol. The highest BCUT2D eigenvalue weighted by Gasteiger charge is 2.19. The lowest BCUT2D eigenvalue weighted by Crippen LogP contribution is -2.31. The molecule has 0 heterocycles. The number of hydrogen-bond acceptors (Lipinski definition) is 3. The van der Waals surface area contributed by atoms with E-state index in [-0.39, 0.29) is 29.0 Å². The van der Waals surface area contributed by atoms with Crippen LogP contribution >= 0.6 is 0 Å². The number of carbonyl (C=O) groups is 1. The van der Waals surface area contributed by atoms with E-state index in [4.69, 9.17) is 0 Å². The fraction of sp³-hybridized carbons (Fsp3) is 0.174. The van der Waals surface area contributed by atoms with Gasteiger partial charge in [-0.25, -0.2) is 8.42 Å². The third-order valence-electron chi connectivity index (χ3n) is 4.52. The number of amides is 1. The summed E-state index contributed by atoms with van der Waals surface area (Å²) in [5.74, 6) is -0.486. The molecule has 0 fully saturated rings. The number of hydrogen-bond donors (Lipinski definition) is 1. The normalized spacial score (nSPS) is 12.3. The van der Waals surface area contributed by atoms with E-state index >= 15 is 0 Å². The molecule has 0 aliphatic rings. The van der Waals surface area contributed by atoms with Gasteiger partial charge in [0.2, 0.25) is 5.91 Å². The zero-order valence-electron chi connectivity index (χ0n) is 15.5. The molecule has 0 aliphatic heterocycles. The fourth-order valence-corrected chi connectivity index (χ4v) is 4.29. The zero-order chi connectivity index (χ0) is 19.8. The summed E-state index contributed by atoms with van der Waals surface area (Å²) >= 11 is 0. The second-order valence-electron chi connectivity index (χ2n) is 6.60. The van der Waals surface area contributed by atoms with E-state index in [1.54, 1.807) is 30.3 Å². The van der Waals surface area contributed by atoms with Gasteiger partial charge in [0.25, 0.3) is 0 Å². The van der Waals surface area contributed by atoms with Gasteiger partial charge in [0.05, 0.1) is 16.7 Å². The first kappa shape index (κ1) is 19.8. The van der Waals surface area contributed by atoms with Crippen LogP contribution in [0.3, 0.4) is 0 Å². The smallest absolute Gasteiger partial charge is 0.221 e. The molecule has 144 valence electrons. The third-order valence-corrected chi connectivity index (χ3v) is 6.25. The summed E-state index contributed by atoms with van der Waals surface area (Å²) < 4.78 is 24.8. The van der Waals surface area contributed by atoms with Crippen LogP contribution in [0.1, 0.15) is 23.6 Å². The van der Waals surface area contributed by atoms with E-state index in [9.17, 15) is 13.2 Å². The van der Waals surface area contributed by atoms with Gasteiger partial charge in [-0.15, -0.1) is 0 Å². The van der Waals surface area contributed by atoms with Gasteiger partial charge in [0.15, 0.2) is 9.84 Å². The van der Waals surface area contributed by atoms with Gasteiger partial charge in [0, 0.05) is 6.42 Å². The molecule has 0 bridgehead atoms. The SMILES string of the molecule is O=C(CCS(=O)(=O)c1ccccc1)N[C@H](Cc1ccccc1)c1ccccc1. The fourth-order valence-electron chi connectivity index (χ4n) is 3.03. The Balaban J connectivity index is 1.67. The van der Waals surface area contributed by atoms with Crippen LogP contribution in [0.4, 0.5) is 0 Å². The van der Waals surface area contributed by atoms with Crippen molar-refractivity contribution >= 4 is 15.7 Å². The van der Waals surface area contributed by atoms with Gasteiger partial charge in [-0.2, -0.15) is 0 Å². The Morgan fingerprint density at radius 2 is 1.32 bits per heavy atom. The molecular weight excluding hydrogens is 370 g/mol. The van der Waals surface area contributed by atoms with Crippen molar-refractivity contribution in [2.45, 2.75) is 23.8 Å². The summed E-state index contributed by atoms with van der Waals surface area (Å²) in [5, 5.41) is 3.00. The predicted molar refractivity (Wildman–Crippen MR) is 111 cm³/mol. The highest BCUT2D eigenvalue weighted by atomic mass is 32.2. The average molecular weight is 394 g/mol. The first-order valence-electron chi connectivity index (χ1n) is 9.21. The van der Waals surface area contributed by atoms with Crippen molar-refractivity contribution in [1.29, 1.82) is 0 Å². The van der Waals surface area contributed by atoms with Gasteiger partial charge >= 0.3 is 0 Å². The second-order valence-corrected chi connectivity index (χ2v) is 8.71. The lowest BCUT2D eigenvalue weighted by molar-refractivity contribution is -0.121. The molecule has 3 aromatic rings.